The van der Waals surface area contributed by atoms with Crippen molar-refractivity contribution in [2.24, 2.45) is 0 Å². The van der Waals surface area contributed by atoms with E-state index in [0.29, 0.717) is 18.5 Å². The van der Waals surface area contributed by atoms with Crippen LogP contribution in [0.1, 0.15) is 31.9 Å². The van der Waals surface area contributed by atoms with Gasteiger partial charge in [0.15, 0.2) is 10.4 Å². The van der Waals surface area contributed by atoms with Crippen LogP contribution in [0.2, 0.25) is 0 Å². The fourth-order valence-electron chi connectivity index (χ4n) is 1.46. The third-order valence-corrected chi connectivity index (χ3v) is 5.10. The molecule has 110 valence electrons. The average Bonchev–Trinajstić information content (AvgIpc) is 2.76. The number of anilines is 1. The molecule has 0 radical (unpaired) electrons. The molecule has 0 bridgehead atoms. The van der Waals surface area contributed by atoms with Crippen molar-refractivity contribution in [1.29, 1.82) is 5.26 Å². The number of nitriles is 1. The number of nitrogens with zero attached hydrogens (tertiary/aromatic N) is 2. The topological polar surface area (TPSA) is 120 Å². The summed E-state index contributed by atoms with van der Waals surface area (Å²) >= 11 is 1.12. The highest BCUT2D eigenvalue weighted by atomic mass is 32.2. The molecule has 1 heterocycles. The Kier molecular flexibility index (Phi) is 5.91. The van der Waals surface area contributed by atoms with Crippen molar-refractivity contribution in [3.8, 4) is 6.07 Å². The number of carbonyl (C=O) groups is 1. The van der Waals surface area contributed by atoms with E-state index in [1.165, 1.54) is 0 Å². The molecule has 0 aliphatic heterocycles. The fraction of sp³-hybridized carbons (Fsp3) is 0.545. The average molecular weight is 317 g/mol. The van der Waals surface area contributed by atoms with Crippen LogP contribution in [-0.2, 0) is 21.2 Å². The molecule has 0 saturated carbocycles. The molecule has 0 aromatic carbocycles. The summed E-state index contributed by atoms with van der Waals surface area (Å²) < 4.78 is 25.9. The Morgan fingerprint density at radius 2 is 2.35 bits per heavy atom. The lowest BCUT2D eigenvalue weighted by Crippen LogP contribution is -2.25. The van der Waals surface area contributed by atoms with E-state index in [9.17, 15) is 13.2 Å². The Morgan fingerprint density at radius 1 is 1.65 bits per heavy atom. The van der Waals surface area contributed by atoms with E-state index in [4.69, 9.17) is 10.4 Å². The molecule has 0 aliphatic carbocycles. The molecule has 1 aromatic rings. The fourth-order valence-corrected chi connectivity index (χ4v) is 3.60. The first-order chi connectivity index (χ1) is 9.39. The van der Waals surface area contributed by atoms with E-state index in [0.717, 1.165) is 11.3 Å². The van der Waals surface area contributed by atoms with Gasteiger partial charge in [-0.3, -0.25) is 9.52 Å². The lowest BCUT2D eigenvalue weighted by atomic mass is 10.2. The minimum atomic E-state index is -3.75. The van der Waals surface area contributed by atoms with Gasteiger partial charge in [-0.2, -0.15) is 5.26 Å². The SMILES string of the molecule is CCC(C#N)S(=O)(=O)Nc1nc(CCCC(=O)O)cs1. The zero-order chi connectivity index (χ0) is 15.2. The number of aromatic nitrogens is 1. The third-order valence-electron chi connectivity index (χ3n) is 2.49. The summed E-state index contributed by atoms with van der Waals surface area (Å²) in [5, 5.41) is 18.1. The van der Waals surface area contributed by atoms with Gasteiger partial charge < -0.3 is 5.11 Å². The second-order valence-corrected chi connectivity index (χ2v) is 6.79. The standard InChI is InChI=1S/C11H15N3O4S2/c1-2-9(6-12)20(17,18)14-11-13-8(7-19-11)4-3-5-10(15)16/h7,9H,2-5H2,1H3,(H,13,14)(H,15,16). The Hall–Kier alpha value is -1.66. The summed E-state index contributed by atoms with van der Waals surface area (Å²) in [5.41, 5.74) is 0.638. The number of sulfonamides is 1. The van der Waals surface area contributed by atoms with Crippen molar-refractivity contribution in [1.82, 2.24) is 4.98 Å². The van der Waals surface area contributed by atoms with Gasteiger partial charge in [0.25, 0.3) is 10.0 Å². The highest BCUT2D eigenvalue weighted by Crippen LogP contribution is 2.20. The van der Waals surface area contributed by atoms with Crippen LogP contribution in [0.25, 0.3) is 0 Å². The molecule has 0 amide bonds. The molecular weight excluding hydrogens is 302 g/mol. The molecule has 1 atom stereocenters. The normalized spacial score (nSPS) is 12.6. The Morgan fingerprint density at radius 3 is 2.90 bits per heavy atom. The summed E-state index contributed by atoms with van der Waals surface area (Å²) in [4.78, 5) is 14.5. The minimum absolute atomic E-state index is 0.0466. The molecule has 20 heavy (non-hydrogen) atoms. The smallest absolute Gasteiger partial charge is 0.303 e. The van der Waals surface area contributed by atoms with Crippen LogP contribution in [0.4, 0.5) is 5.13 Å². The van der Waals surface area contributed by atoms with Crippen LogP contribution in [0.5, 0.6) is 0 Å². The lowest BCUT2D eigenvalue weighted by molar-refractivity contribution is -0.137. The summed E-state index contributed by atoms with van der Waals surface area (Å²) in [6.07, 6.45) is 1.16. The maximum absolute atomic E-state index is 11.8. The monoisotopic (exact) mass is 317 g/mol. The third kappa shape index (κ3) is 4.79. The van der Waals surface area contributed by atoms with Crippen LogP contribution in [0.3, 0.4) is 0 Å². The van der Waals surface area contributed by atoms with Crippen molar-refractivity contribution in [2.75, 3.05) is 4.72 Å². The number of aryl methyl sites for hydroxylation is 1. The molecule has 1 unspecified atom stereocenters. The number of aliphatic carboxylic acids is 1. The maximum Gasteiger partial charge on any atom is 0.303 e. The van der Waals surface area contributed by atoms with E-state index in [2.05, 4.69) is 9.71 Å². The van der Waals surface area contributed by atoms with Gasteiger partial charge in [-0.05, 0) is 19.3 Å². The highest BCUT2D eigenvalue weighted by molar-refractivity contribution is 7.93. The van der Waals surface area contributed by atoms with Gasteiger partial charge in [0, 0.05) is 11.8 Å². The number of hydrogen-bond donors (Lipinski definition) is 2. The summed E-state index contributed by atoms with van der Waals surface area (Å²) in [5.74, 6) is -0.874. The predicted octanol–water partition coefficient (Wildman–Crippen LogP) is 1.59. The predicted molar refractivity (Wildman–Crippen MR) is 74.9 cm³/mol. The van der Waals surface area contributed by atoms with Crippen LogP contribution in [0, 0.1) is 11.3 Å². The van der Waals surface area contributed by atoms with Crippen molar-refractivity contribution < 1.29 is 18.3 Å². The first-order valence-electron chi connectivity index (χ1n) is 5.96. The highest BCUT2D eigenvalue weighted by Gasteiger charge is 2.24. The second-order valence-electron chi connectivity index (χ2n) is 4.06. The Labute approximate surface area is 121 Å². The van der Waals surface area contributed by atoms with E-state index < -0.39 is 21.2 Å². The summed E-state index contributed by atoms with van der Waals surface area (Å²) in [7, 11) is -3.75. The molecule has 1 rings (SSSR count). The Bertz CT molecular complexity index is 603. The largest absolute Gasteiger partial charge is 0.481 e. The first-order valence-corrected chi connectivity index (χ1v) is 8.39. The molecule has 7 nitrogen and oxygen atoms in total. The lowest BCUT2D eigenvalue weighted by Gasteiger charge is -2.08. The quantitative estimate of drug-likeness (QED) is 0.751. The van der Waals surface area contributed by atoms with E-state index in [1.807, 2.05) is 0 Å². The van der Waals surface area contributed by atoms with Gasteiger partial charge in [-0.15, -0.1) is 11.3 Å². The van der Waals surface area contributed by atoms with Crippen molar-refractivity contribution in [2.45, 2.75) is 37.9 Å². The number of nitrogens with one attached hydrogen (secondary N) is 1. The van der Waals surface area contributed by atoms with Gasteiger partial charge >= 0.3 is 5.97 Å². The van der Waals surface area contributed by atoms with Crippen LogP contribution in [0.15, 0.2) is 5.38 Å². The molecule has 9 heteroatoms. The van der Waals surface area contributed by atoms with Gasteiger partial charge in [0.05, 0.1) is 11.8 Å². The van der Waals surface area contributed by atoms with Crippen LogP contribution < -0.4 is 4.72 Å². The molecule has 1 aromatic heterocycles. The molecule has 0 spiro atoms. The number of carboxylic acids is 1. The molecule has 2 N–H and O–H groups in total. The minimum Gasteiger partial charge on any atom is -0.481 e. The second kappa shape index (κ2) is 7.21. The van der Waals surface area contributed by atoms with E-state index in [-0.39, 0.29) is 18.0 Å². The number of carboxylic acid groups (broad SMARTS) is 1. The summed E-state index contributed by atoms with van der Waals surface area (Å²) in [6.45, 7) is 1.62. The number of thiazole rings is 1. The number of rotatable bonds is 8. The molecule has 0 fully saturated rings. The zero-order valence-electron chi connectivity index (χ0n) is 10.9. The van der Waals surface area contributed by atoms with Gasteiger partial charge in [0.1, 0.15) is 0 Å². The molecule has 0 saturated heterocycles. The number of hydrogen-bond acceptors (Lipinski definition) is 6. The van der Waals surface area contributed by atoms with E-state index in [1.54, 1.807) is 18.4 Å². The van der Waals surface area contributed by atoms with Crippen molar-refractivity contribution >= 4 is 32.5 Å². The van der Waals surface area contributed by atoms with Gasteiger partial charge in [-0.25, -0.2) is 13.4 Å². The van der Waals surface area contributed by atoms with Gasteiger partial charge in [-0.1, -0.05) is 6.92 Å². The maximum atomic E-state index is 11.8. The van der Waals surface area contributed by atoms with Crippen LogP contribution >= 0.6 is 11.3 Å². The van der Waals surface area contributed by atoms with Crippen molar-refractivity contribution in [3.05, 3.63) is 11.1 Å². The van der Waals surface area contributed by atoms with Crippen LogP contribution in [-0.4, -0.2) is 29.7 Å². The summed E-state index contributed by atoms with van der Waals surface area (Å²) in [6, 6.07) is 1.73. The Balaban J connectivity index is 2.64. The first kappa shape index (κ1) is 16.4. The molecular formula is C11H15N3O4S2. The van der Waals surface area contributed by atoms with Gasteiger partial charge in [0.2, 0.25) is 0 Å². The van der Waals surface area contributed by atoms with Crippen molar-refractivity contribution in [3.63, 3.8) is 0 Å². The van der Waals surface area contributed by atoms with E-state index >= 15 is 0 Å². The zero-order valence-corrected chi connectivity index (χ0v) is 12.5. The molecule has 0 aliphatic rings.